The number of carbonyl (C=O) groups is 3. The van der Waals surface area contributed by atoms with Crippen LogP contribution in [0.25, 0.3) is 0 Å². The third-order valence-electron chi connectivity index (χ3n) is 6.63. The number of amides is 3. The van der Waals surface area contributed by atoms with Crippen molar-refractivity contribution in [1.29, 1.82) is 0 Å². The second-order valence-electron chi connectivity index (χ2n) is 9.36. The lowest BCUT2D eigenvalue weighted by molar-refractivity contribution is -0.132. The zero-order chi connectivity index (χ0) is 27.2. The van der Waals surface area contributed by atoms with Crippen LogP contribution in [0, 0.1) is 11.6 Å². The van der Waals surface area contributed by atoms with Crippen molar-refractivity contribution in [2.45, 2.75) is 38.5 Å². The molecule has 3 aromatic carbocycles. The number of hydrogen-bond donors (Lipinski definition) is 2. The summed E-state index contributed by atoms with van der Waals surface area (Å²) < 4.78 is 26.5. The van der Waals surface area contributed by atoms with Gasteiger partial charge in [0.25, 0.3) is 5.91 Å². The minimum atomic E-state index is -0.902. The molecule has 9 heteroatoms. The highest BCUT2D eigenvalue weighted by Gasteiger charge is 2.24. The van der Waals surface area contributed by atoms with Gasteiger partial charge in [-0.2, -0.15) is 0 Å². The normalized spacial score (nSPS) is 13.7. The molecular weight excluding hydrogens is 512 g/mol. The minimum Gasteiger partial charge on any atom is -0.343 e. The Labute approximate surface area is 225 Å². The molecule has 3 amide bonds. The van der Waals surface area contributed by atoms with Crippen molar-refractivity contribution in [3.8, 4) is 0 Å². The van der Waals surface area contributed by atoms with Crippen LogP contribution < -0.4 is 10.6 Å². The predicted octanol–water partition coefficient (Wildman–Crippen LogP) is 6.17. The number of carbonyl (C=O) groups excluding carboxylic acids is 3. The van der Waals surface area contributed by atoms with Crippen LogP contribution in [0.5, 0.6) is 0 Å². The van der Waals surface area contributed by atoms with Crippen LogP contribution in [-0.2, 0) is 16.0 Å². The lowest BCUT2D eigenvalue weighted by Crippen LogP contribution is -2.38. The van der Waals surface area contributed by atoms with E-state index in [2.05, 4.69) is 10.6 Å². The molecule has 4 rings (SSSR count). The van der Waals surface area contributed by atoms with Crippen molar-refractivity contribution >= 4 is 40.7 Å². The fourth-order valence-electron chi connectivity index (χ4n) is 4.58. The van der Waals surface area contributed by atoms with Crippen molar-refractivity contribution in [3.05, 3.63) is 94.0 Å². The Morgan fingerprint density at radius 2 is 1.58 bits per heavy atom. The number of anilines is 2. The lowest BCUT2D eigenvalue weighted by atomic mass is 9.89. The first-order valence-corrected chi connectivity index (χ1v) is 12.8. The van der Waals surface area contributed by atoms with Crippen LogP contribution in [0.4, 0.5) is 20.2 Å². The fourth-order valence-corrected chi connectivity index (χ4v) is 4.79. The van der Waals surface area contributed by atoms with E-state index in [1.165, 1.54) is 19.1 Å². The topological polar surface area (TPSA) is 78.5 Å². The number of aryl methyl sites for hydroxylation is 1. The summed E-state index contributed by atoms with van der Waals surface area (Å²) in [7, 11) is 0. The Morgan fingerprint density at radius 1 is 0.895 bits per heavy atom. The van der Waals surface area contributed by atoms with Gasteiger partial charge in [0.15, 0.2) is 11.6 Å². The second kappa shape index (κ2) is 12.2. The molecule has 1 saturated heterocycles. The third kappa shape index (κ3) is 6.95. The van der Waals surface area contributed by atoms with Gasteiger partial charge in [0.05, 0.1) is 10.6 Å². The SMILES string of the molecule is CC(=O)Nc1ccc(Cl)c(C(=O)Nc2ccc(C3CCN(C(=O)CCc4ccc(F)c(F)c4)CC3)cc2)c1. The number of hydrogen-bond acceptors (Lipinski definition) is 3. The maximum atomic E-state index is 13.4. The summed E-state index contributed by atoms with van der Waals surface area (Å²) in [6.45, 7) is 2.64. The zero-order valence-electron chi connectivity index (χ0n) is 20.9. The Bertz CT molecular complexity index is 1340. The quantitative estimate of drug-likeness (QED) is 0.377. The number of piperidine rings is 1. The Hall–Kier alpha value is -3.78. The summed E-state index contributed by atoms with van der Waals surface area (Å²) in [6, 6.07) is 16.0. The van der Waals surface area contributed by atoms with Crippen LogP contribution in [0.1, 0.15) is 53.6 Å². The fraction of sp³-hybridized carbons (Fsp3) is 0.276. The first-order chi connectivity index (χ1) is 18.2. The average molecular weight is 540 g/mol. The minimum absolute atomic E-state index is 0.00692. The molecule has 2 N–H and O–H groups in total. The van der Waals surface area contributed by atoms with Gasteiger partial charge < -0.3 is 15.5 Å². The maximum Gasteiger partial charge on any atom is 0.257 e. The Balaban J connectivity index is 1.28. The summed E-state index contributed by atoms with van der Waals surface area (Å²) in [5, 5.41) is 5.74. The van der Waals surface area contributed by atoms with E-state index in [4.69, 9.17) is 11.6 Å². The molecule has 0 atom stereocenters. The van der Waals surface area contributed by atoms with E-state index in [1.54, 1.807) is 12.1 Å². The molecule has 0 saturated carbocycles. The predicted molar refractivity (Wildman–Crippen MR) is 143 cm³/mol. The van der Waals surface area contributed by atoms with Gasteiger partial charge in [-0.05, 0) is 78.8 Å². The van der Waals surface area contributed by atoms with Crippen molar-refractivity contribution in [3.63, 3.8) is 0 Å². The Morgan fingerprint density at radius 3 is 2.24 bits per heavy atom. The maximum absolute atomic E-state index is 13.4. The van der Waals surface area contributed by atoms with Crippen LogP contribution >= 0.6 is 11.6 Å². The van der Waals surface area contributed by atoms with E-state index in [0.717, 1.165) is 30.5 Å². The molecule has 1 fully saturated rings. The smallest absolute Gasteiger partial charge is 0.257 e. The molecule has 6 nitrogen and oxygen atoms in total. The molecule has 198 valence electrons. The summed E-state index contributed by atoms with van der Waals surface area (Å²) in [5.41, 5.74) is 3.08. The van der Waals surface area contributed by atoms with Crippen molar-refractivity contribution in [2.24, 2.45) is 0 Å². The van der Waals surface area contributed by atoms with Gasteiger partial charge in [-0.1, -0.05) is 29.8 Å². The van der Waals surface area contributed by atoms with E-state index in [0.29, 0.717) is 42.4 Å². The first-order valence-electron chi connectivity index (χ1n) is 12.4. The van der Waals surface area contributed by atoms with Crippen molar-refractivity contribution in [2.75, 3.05) is 23.7 Å². The molecular formula is C29H28ClF2N3O3. The van der Waals surface area contributed by atoms with Crippen LogP contribution in [0.15, 0.2) is 60.7 Å². The van der Waals surface area contributed by atoms with Crippen molar-refractivity contribution in [1.82, 2.24) is 4.90 Å². The van der Waals surface area contributed by atoms with Gasteiger partial charge in [0.2, 0.25) is 11.8 Å². The van der Waals surface area contributed by atoms with Gasteiger partial charge in [-0.3, -0.25) is 14.4 Å². The van der Waals surface area contributed by atoms with E-state index in [9.17, 15) is 23.2 Å². The van der Waals surface area contributed by atoms with Gasteiger partial charge in [0, 0.05) is 37.8 Å². The van der Waals surface area contributed by atoms with Gasteiger partial charge >= 0.3 is 0 Å². The monoisotopic (exact) mass is 539 g/mol. The highest BCUT2D eigenvalue weighted by atomic mass is 35.5. The number of benzene rings is 3. The van der Waals surface area contributed by atoms with Gasteiger partial charge in [0.1, 0.15) is 0 Å². The van der Waals surface area contributed by atoms with E-state index >= 15 is 0 Å². The largest absolute Gasteiger partial charge is 0.343 e. The van der Waals surface area contributed by atoms with Crippen LogP contribution in [-0.4, -0.2) is 35.7 Å². The molecule has 0 bridgehead atoms. The number of rotatable bonds is 7. The van der Waals surface area contributed by atoms with Gasteiger partial charge in [-0.25, -0.2) is 8.78 Å². The van der Waals surface area contributed by atoms with E-state index in [1.807, 2.05) is 29.2 Å². The third-order valence-corrected chi connectivity index (χ3v) is 6.96. The first kappa shape index (κ1) is 27.3. The summed E-state index contributed by atoms with van der Waals surface area (Å²) in [6.07, 6.45) is 2.25. The van der Waals surface area contributed by atoms with Crippen LogP contribution in [0.2, 0.25) is 5.02 Å². The van der Waals surface area contributed by atoms with E-state index in [-0.39, 0.29) is 34.7 Å². The number of nitrogens with one attached hydrogen (secondary N) is 2. The Kier molecular flexibility index (Phi) is 8.73. The molecule has 0 aromatic heterocycles. The molecule has 1 aliphatic heterocycles. The zero-order valence-corrected chi connectivity index (χ0v) is 21.7. The molecule has 0 unspecified atom stereocenters. The molecule has 0 aliphatic carbocycles. The summed E-state index contributed by atoms with van der Waals surface area (Å²) >= 11 is 6.19. The van der Waals surface area contributed by atoms with E-state index < -0.39 is 11.6 Å². The van der Waals surface area contributed by atoms with Crippen LogP contribution in [0.3, 0.4) is 0 Å². The number of likely N-dealkylation sites (tertiary alicyclic amines) is 1. The molecule has 38 heavy (non-hydrogen) atoms. The molecule has 0 radical (unpaired) electrons. The highest BCUT2D eigenvalue weighted by Crippen LogP contribution is 2.30. The average Bonchev–Trinajstić information content (AvgIpc) is 2.90. The number of nitrogens with zero attached hydrogens (tertiary/aromatic N) is 1. The highest BCUT2D eigenvalue weighted by molar-refractivity contribution is 6.34. The molecule has 0 spiro atoms. The second-order valence-corrected chi connectivity index (χ2v) is 9.76. The summed E-state index contributed by atoms with van der Waals surface area (Å²) in [4.78, 5) is 38.5. The van der Waals surface area contributed by atoms with Gasteiger partial charge in [-0.15, -0.1) is 0 Å². The van der Waals surface area contributed by atoms with Crippen molar-refractivity contribution < 1.29 is 23.2 Å². The molecule has 3 aromatic rings. The lowest BCUT2D eigenvalue weighted by Gasteiger charge is -2.32. The molecule has 1 heterocycles. The standard InChI is InChI=1S/C29H28ClF2N3O3/c1-18(36)33-23-8-9-25(30)24(17-23)29(38)34-22-6-4-20(5-7-22)21-12-14-35(15-13-21)28(37)11-3-19-2-10-26(31)27(32)16-19/h2,4-10,16-17,21H,3,11-15H2,1H3,(H,33,36)(H,34,38). The molecule has 1 aliphatic rings. The number of halogens is 3. The summed E-state index contributed by atoms with van der Waals surface area (Å²) in [5.74, 6) is -2.13.